The Hall–Kier alpha value is -1.91. The summed E-state index contributed by atoms with van der Waals surface area (Å²) in [7, 11) is 0. The normalized spacial score (nSPS) is 15.0. The maximum absolute atomic E-state index is 4.99. The van der Waals surface area contributed by atoms with E-state index >= 15 is 0 Å². The van der Waals surface area contributed by atoms with Gasteiger partial charge in [0.05, 0.1) is 11.2 Å². The van der Waals surface area contributed by atoms with Crippen LogP contribution in [0.5, 0.6) is 0 Å². The van der Waals surface area contributed by atoms with Crippen molar-refractivity contribution in [3.05, 3.63) is 58.6 Å². The molecule has 1 fully saturated rings. The van der Waals surface area contributed by atoms with Gasteiger partial charge in [-0.25, -0.2) is 4.98 Å². The molecule has 0 saturated carbocycles. The van der Waals surface area contributed by atoms with Gasteiger partial charge in [0.1, 0.15) is 0 Å². The lowest BCUT2D eigenvalue weighted by Crippen LogP contribution is -2.43. The third kappa shape index (κ3) is 2.80. The molecule has 24 heavy (non-hydrogen) atoms. The van der Waals surface area contributed by atoms with Gasteiger partial charge >= 0.3 is 0 Å². The summed E-state index contributed by atoms with van der Waals surface area (Å²) in [6.07, 6.45) is 0. The van der Waals surface area contributed by atoms with E-state index in [9.17, 15) is 0 Å². The minimum atomic E-state index is 1.03. The molecule has 4 heteroatoms. The predicted octanol–water partition coefficient (Wildman–Crippen LogP) is 4.38. The van der Waals surface area contributed by atoms with E-state index in [-0.39, 0.29) is 0 Å². The summed E-state index contributed by atoms with van der Waals surface area (Å²) in [6.45, 7) is 6.25. The molecule has 3 nitrogen and oxygen atoms in total. The molecule has 0 spiro atoms. The first kappa shape index (κ1) is 15.6. The van der Waals surface area contributed by atoms with E-state index in [2.05, 4.69) is 75.5 Å². The van der Waals surface area contributed by atoms with E-state index in [4.69, 9.17) is 4.98 Å². The predicted molar refractivity (Wildman–Crippen MR) is 105 cm³/mol. The number of nitrogens with zero attached hydrogens (tertiary/aromatic N) is 2. The lowest BCUT2D eigenvalue weighted by molar-refractivity contribution is 0.590. The first-order valence-electron chi connectivity index (χ1n) is 8.35. The smallest absolute Gasteiger partial charge is 0.0770 e. The first-order valence-corrected chi connectivity index (χ1v) is 9.14. The van der Waals surface area contributed by atoms with Gasteiger partial charge in [-0.05, 0) is 30.7 Å². The molecule has 1 aromatic heterocycles. The Morgan fingerprint density at radius 1 is 1.04 bits per heavy atom. The number of pyridine rings is 1. The fraction of sp³-hybridized carbons (Fsp3) is 0.250. The molecule has 1 N–H and O–H groups in total. The van der Waals surface area contributed by atoms with Gasteiger partial charge in [-0.15, -0.1) is 0 Å². The summed E-state index contributed by atoms with van der Waals surface area (Å²) in [5.74, 6) is 0. The number of hydrogen-bond donors (Lipinski definition) is 1. The second kappa shape index (κ2) is 6.54. The number of fused-ring (bicyclic) bond motifs is 1. The zero-order valence-electron chi connectivity index (χ0n) is 13.7. The summed E-state index contributed by atoms with van der Waals surface area (Å²) in [5, 5.41) is 4.67. The minimum Gasteiger partial charge on any atom is -0.368 e. The molecule has 0 unspecified atom stereocenters. The minimum absolute atomic E-state index is 1.03. The SMILES string of the molecule is Cc1c(Br)ccc2c(N3CCNCC3)cc(-c3ccccc3)nc12. The Morgan fingerprint density at radius 2 is 1.79 bits per heavy atom. The topological polar surface area (TPSA) is 28.2 Å². The maximum Gasteiger partial charge on any atom is 0.0770 e. The van der Waals surface area contributed by atoms with Crippen LogP contribution in [0.15, 0.2) is 53.0 Å². The Morgan fingerprint density at radius 3 is 2.54 bits per heavy atom. The van der Waals surface area contributed by atoms with Crippen molar-refractivity contribution in [3.63, 3.8) is 0 Å². The largest absolute Gasteiger partial charge is 0.368 e. The van der Waals surface area contributed by atoms with Crippen molar-refractivity contribution in [1.82, 2.24) is 10.3 Å². The molecule has 1 aliphatic heterocycles. The van der Waals surface area contributed by atoms with Gasteiger partial charge in [-0.3, -0.25) is 0 Å². The number of hydrogen-bond acceptors (Lipinski definition) is 3. The van der Waals surface area contributed by atoms with Crippen molar-refractivity contribution in [2.45, 2.75) is 6.92 Å². The molecule has 4 rings (SSSR count). The average molecular weight is 382 g/mol. The third-order valence-corrected chi connectivity index (χ3v) is 5.53. The second-order valence-electron chi connectivity index (χ2n) is 6.20. The number of halogens is 1. The van der Waals surface area contributed by atoms with Crippen LogP contribution in [0.4, 0.5) is 5.69 Å². The lowest BCUT2D eigenvalue weighted by Gasteiger charge is -2.31. The number of nitrogens with one attached hydrogen (secondary N) is 1. The molecular formula is C20H20BrN3. The molecule has 0 bridgehead atoms. The van der Waals surface area contributed by atoms with E-state index in [1.165, 1.54) is 16.6 Å². The second-order valence-corrected chi connectivity index (χ2v) is 7.05. The molecule has 122 valence electrons. The number of anilines is 1. The number of rotatable bonds is 2. The number of aromatic nitrogens is 1. The third-order valence-electron chi connectivity index (χ3n) is 4.67. The monoisotopic (exact) mass is 381 g/mol. The van der Waals surface area contributed by atoms with Crippen LogP contribution in [0.3, 0.4) is 0 Å². The van der Waals surface area contributed by atoms with Gasteiger partial charge < -0.3 is 10.2 Å². The molecule has 1 aliphatic rings. The van der Waals surface area contributed by atoms with Crippen molar-refractivity contribution >= 4 is 32.5 Å². The molecule has 0 radical (unpaired) electrons. The Bertz CT molecular complexity index is 871. The van der Waals surface area contributed by atoms with Crippen LogP contribution in [-0.4, -0.2) is 31.2 Å². The highest BCUT2D eigenvalue weighted by atomic mass is 79.9. The molecular weight excluding hydrogens is 362 g/mol. The number of piperazine rings is 1. The van der Waals surface area contributed by atoms with Crippen molar-refractivity contribution in [3.8, 4) is 11.3 Å². The summed E-state index contributed by atoms with van der Waals surface area (Å²) in [4.78, 5) is 7.46. The van der Waals surface area contributed by atoms with Crippen molar-refractivity contribution < 1.29 is 0 Å². The average Bonchev–Trinajstić information content (AvgIpc) is 2.65. The lowest BCUT2D eigenvalue weighted by atomic mass is 10.0. The van der Waals surface area contributed by atoms with E-state index < -0.39 is 0 Å². The maximum atomic E-state index is 4.99. The Balaban J connectivity index is 1.96. The van der Waals surface area contributed by atoms with Crippen LogP contribution in [-0.2, 0) is 0 Å². The summed E-state index contributed by atoms with van der Waals surface area (Å²) >= 11 is 3.65. The van der Waals surface area contributed by atoms with Gasteiger partial charge in [0.15, 0.2) is 0 Å². The molecule has 2 aromatic carbocycles. The molecule has 3 aromatic rings. The molecule has 0 atom stereocenters. The van der Waals surface area contributed by atoms with E-state index in [1.54, 1.807) is 0 Å². The number of benzene rings is 2. The summed E-state index contributed by atoms with van der Waals surface area (Å²) in [6, 6.07) is 17.0. The van der Waals surface area contributed by atoms with Crippen molar-refractivity contribution in [2.24, 2.45) is 0 Å². The highest BCUT2D eigenvalue weighted by Gasteiger charge is 2.17. The molecule has 2 heterocycles. The molecule has 0 amide bonds. The summed E-state index contributed by atoms with van der Waals surface area (Å²) in [5.41, 5.74) is 5.77. The number of aryl methyl sites for hydroxylation is 1. The van der Waals surface area contributed by atoms with Crippen molar-refractivity contribution in [1.29, 1.82) is 0 Å². The fourth-order valence-electron chi connectivity index (χ4n) is 3.31. The summed E-state index contributed by atoms with van der Waals surface area (Å²) < 4.78 is 1.11. The van der Waals surface area contributed by atoms with Gasteiger partial charge in [0, 0.05) is 47.3 Å². The van der Waals surface area contributed by atoms with Crippen LogP contribution in [0, 0.1) is 6.92 Å². The first-order chi connectivity index (χ1) is 11.7. The van der Waals surface area contributed by atoms with Gasteiger partial charge in [-0.1, -0.05) is 46.3 Å². The van der Waals surface area contributed by atoms with E-state index in [0.717, 1.165) is 47.4 Å². The van der Waals surface area contributed by atoms with Crippen molar-refractivity contribution in [2.75, 3.05) is 31.1 Å². The van der Waals surface area contributed by atoms with Gasteiger partial charge in [-0.2, -0.15) is 0 Å². The Kier molecular flexibility index (Phi) is 4.25. The Labute approximate surface area is 150 Å². The fourth-order valence-corrected chi connectivity index (χ4v) is 3.63. The van der Waals surface area contributed by atoms with Crippen LogP contribution < -0.4 is 10.2 Å². The highest BCUT2D eigenvalue weighted by molar-refractivity contribution is 9.10. The van der Waals surface area contributed by atoms with Gasteiger partial charge in [0.25, 0.3) is 0 Å². The van der Waals surface area contributed by atoms with Crippen LogP contribution in [0.2, 0.25) is 0 Å². The van der Waals surface area contributed by atoms with Crippen LogP contribution in [0.1, 0.15) is 5.56 Å². The zero-order chi connectivity index (χ0) is 16.5. The molecule has 0 aliphatic carbocycles. The molecule has 1 saturated heterocycles. The standard InChI is InChI=1S/C20H20BrN3/c1-14-17(21)8-7-16-19(24-11-9-22-10-12-24)13-18(23-20(14)16)15-5-3-2-4-6-15/h2-8,13,22H,9-12H2,1H3. The van der Waals surface area contributed by atoms with Crippen LogP contribution in [0.25, 0.3) is 22.2 Å². The quantitative estimate of drug-likeness (QED) is 0.713. The van der Waals surface area contributed by atoms with Crippen LogP contribution >= 0.6 is 15.9 Å². The zero-order valence-corrected chi connectivity index (χ0v) is 15.3. The van der Waals surface area contributed by atoms with E-state index in [0.29, 0.717) is 0 Å². The highest BCUT2D eigenvalue weighted by Crippen LogP contribution is 2.34. The van der Waals surface area contributed by atoms with Gasteiger partial charge in [0.2, 0.25) is 0 Å². The van der Waals surface area contributed by atoms with E-state index in [1.807, 2.05) is 6.07 Å².